The third kappa shape index (κ3) is 5.83. The first-order chi connectivity index (χ1) is 9.58. The van der Waals surface area contributed by atoms with Gasteiger partial charge in [0, 0.05) is 18.2 Å². The van der Waals surface area contributed by atoms with Crippen molar-refractivity contribution in [3.8, 4) is 0 Å². The van der Waals surface area contributed by atoms with Crippen molar-refractivity contribution in [2.24, 2.45) is 0 Å². The molecule has 0 aliphatic heterocycles. The largest absolute Gasteiger partial charge is 0.478 e. The van der Waals surface area contributed by atoms with Gasteiger partial charge in [-0.1, -0.05) is 18.2 Å². The smallest absolute Gasteiger partial charge is 0.413 e. The minimum Gasteiger partial charge on any atom is -0.478 e. The Morgan fingerprint density at radius 3 is 2.57 bits per heavy atom. The minimum atomic E-state index is -1.08. The van der Waals surface area contributed by atoms with Crippen LogP contribution in [0.1, 0.15) is 26.3 Å². The molecule has 21 heavy (non-hydrogen) atoms. The Morgan fingerprint density at radius 1 is 1.48 bits per heavy atom. The van der Waals surface area contributed by atoms with Crippen LogP contribution in [-0.4, -0.2) is 27.8 Å². The number of hydrogen-bond acceptors (Lipinski definition) is 4. The summed E-state index contributed by atoms with van der Waals surface area (Å²) in [6, 6.07) is 1.52. The zero-order valence-corrected chi connectivity index (χ0v) is 12.8. The number of carboxylic acids is 1. The number of pyridine rings is 1. The average Bonchev–Trinajstić information content (AvgIpc) is 2.30. The Kier molecular flexibility index (Phi) is 5.32. The monoisotopic (exact) mass is 312 g/mol. The standard InChI is InChI=1S/C14H17ClN2O4/c1-8(12(18)19)5-9-6-10(15)11(16-7-9)17-13(20)21-14(2,3)4/h6-7H,1,5H2,2-4H3,(H,18,19)(H,16,17,20). The van der Waals surface area contributed by atoms with Crippen LogP contribution in [0.2, 0.25) is 5.02 Å². The summed E-state index contributed by atoms with van der Waals surface area (Å²) < 4.78 is 5.08. The number of aliphatic carboxylic acids is 1. The number of ether oxygens (including phenoxy) is 1. The number of amides is 1. The van der Waals surface area contributed by atoms with Crippen LogP contribution in [0.4, 0.5) is 10.6 Å². The van der Waals surface area contributed by atoms with Gasteiger partial charge in [0.25, 0.3) is 0 Å². The van der Waals surface area contributed by atoms with E-state index in [4.69, 9.17) is 21.4 Å². The van der Waals surface area contributed by atoms with Crippen LogP contribution in [-0.2, 0) is 16.0 Å². The molecular weight excluding hydrogens is 296 g/mol. The molecule has 0 spiro atoms. The van der Waals surface area contributed by atoms with Crippen molar-refractivity contribution >= 4 is 29.5 Å². The Hall–Kier alpha value is -2.08. The lowest BCUT2D eigenvalue weighted by Crippen LogP contribution is -2.27. The second-order valence-electron chi connectivity index (χ2n) is 5.39. The van der Waals surface area contributed by atoms with E-state index in [-0.39, 0.29) is 22.8 Å². The first-order valence-corrected chi connectivity index (χ1v) is 6.52. The van der Waals surface area contributed by atoms with Crippen molar-refractivity contribution in [2.45, 2.75) is 32.8 Å². The van der Waals surface area contributed by atoms with Crippen molar-refractivity contribution in [1.82, 2.24) is 4.98 Å². The minimum absolute atomic E-state index is 0.0284. The Morgan fingerprint density at radius 2 is 2.10 bits per heavy atom. The molecule has 7 heteroatoms. The molecule has 0 atom stereocenters. The molecule has 1 rings (SSSR count). The topological polar surface area (TPSA) is 88.5 Å². The van der Waals surface area contributed by atoms with E-state index in [9.17, 15) is 9.59 Å². The zero-order chi connectivity index (χ0) is 16.2. The Balaban J connectivity index is 2.77. The van der Waals surface area contributed by atoms with E-state index < -0.39 is 17.7 Å². The van der Waals surface area contributed by atoms with E-state index >= 15 is 0 Å². The first kappa shape index (κ1) is 17.0. The molecule has 0 radical (unpaired) electrons. The molecular formula is C14H17ClN2O4. The number of aromatic nitrogens is 1. The van der Waals surface area contributed by atoms with Crippen molar-refractivity contribution < 1.29 is 19.4 Å². The molecule has 2 N–H and O–H groups in total. The summed E-state index contributed by atoms with van der Waals surface area (Å²) in [5, 5.41) is 11.4. The normalized spacial score (nSPS) is 10.9. The summed E-state index contributed by atoms with van der Waals surface area (Å²) >= 11 is 6.00. The van der Waals surface area contributed by atoms with Crippen LogP contribution < -0.4 is 5.32 Å². The van der Waals surface area contributed by atoms with Gasteiger partial charge in [0.2, 0.25) is 0 Å². The van der Waals surface area contributed by atoms with Gasteiger partial charge in [-0.15, -0.1) is 0 Å². The molecule has 1 aromatic rings. The number of anilines is 1. The van der Waals surface area contributed by atoms with Gasteiger partial charge in [-0.25, -0.2) is 14.6 Å². The van der Waals surface area contributed by atoms with Gasteiger partial charge < -0.3 is 9.84 Å². The molecule has 0 aliphatic carbocycles. The second-order valence-corrected chi connectivity index (χ2v) is 5.79. The van der Waals surface area contributed by atoms with E-state index in [0.717, 1.165) is 0 Å². The van der Waals surface area contributed by atoms with Gasteiger partial charge >= 0.3 is 12.1 Å². The fraction of sp³-hybridized carbons (Fsp3) is 0.357. The maximum atomic E-state index is 11.6. The van der Waals surface area contributed by atoms with Crippen LogP contribution in [0.3, 0.4) is 0 Å². The molecule has 0 saturated heterocycles. The summed E-state index contributed by atoms with van der Waals surface area (Å²) in [5.41, 5.74) is -0.0155. The number of hydrogen-bond donors (Lipinski definition) is 2. The third-order valence-electron chi connectivity index (χ3n) is 2.24. The zero-order valence-electron chi connectivity index (χ0n) is 12.1. The molecule has 0 bridgehead atoms. The molecule has 1 heterocycles. The van der Waals surface area contributed by atoms with Crippen molar-refractivity contribution in [3.05, 3.63) is 35.0 Å². The fourth-order valence-corrected chi connectivity index (χ4v) is 1.62. The summed E-state index contributed by atoms with van der Waals surface area (Å²) in [4.78, 5) is 26.3. The van der Waals surface area contributed by atoms with E-state index in [2.05, 4.69) is 16.9 Å². The SMILES string of the molecule is C=C(Cc1cnc(NC(=O)OC(C)(C)C)c(Cl)c1)C(=O)O. The molecule has 1 aromatic heterocycles. The molecule has 0 fully saturated rings. The van der Waals surface area contributed by atoms with Gasteiger partial charge in [-0.05, 0) is 32.4 Å². The highest BCUT2D eigenvalue weighted by molar-refractivity contribution is 6.33. The summed E-state index contributed by atoms with van der Waals surface area (Å²) in [6.45, 7) is 8.65. The molecule has 0 saturated carbocycles. The maximum Gasteiger partial charge on any atom is 0.413 e. The fourth-order valence-electron chi connectivity index (χ4n) is 1.39. The highest BCUT2D eigenvalue weighted by Crippen LogP contribution is 2.22. The number of nitrogens with one attached hydrogen (secondary N) is 1. The average molecular weight is 313 g/mol. The van der Waals surface area contributed by atoms with Crippen molar-refractivity contribution in [1.29, 1.82) is 0 Å². The Bertz CT molecular complexity index is 579. The predicted molar refractivity (Wildman–Crippen MR) is 79.6 cm³/mol. The maximum absolute atomic E-state index is 11.6. The quantitative estimate of drug-likeness (QED) is 0.833. The van der Waals surface area contributed by atoms with E-state index in [0.29, 0.717) is 5.56 Å². The van der Waals surface area contributed by atoms with Crippen LogP contribution in [0.5, 0.6) is 0 Å². The summed E-state index contributed by atoms with van der Waals surface area (Å²) in [7, 11) is 0. The van der Waals surface area contributed by atoms with Crippen LogP contribution in [0.15, 0.2) is 24.4 Å². The van der Waals surface area contributed by atoms with E-state index in [1.807, 2.05) is 0 Å². The highest BCUT2D eigenvalue weighted by atomic mass is 35.5. The van der Waals surface area contributed by atoms with Gasteiger partial charge in [-0.2, -0.15) is 0 Å². The third-order valence-corrected chi connectivity index (χ3v) is 2.53. The molecule has 6 nitrogen and oxygen atoms in total. The van der Waals surface area contributed by atoms with Gasteiger partial charge in [0.15, 0.2) is 5.82 Å². The first-order valence-electron chi connectivity index (χ1n) is 6.14. The summed E-state index contributed by atoms with van der Waals surface area (Å²) in [5.74, 6) is -0.933. The summed E-state index contributed by atoms with van der Waals surface area (Å²) in [6.07, 6.45) is 0.876. The molecule has 0 aromatic carbocycles. The van der Waals surface area contributed by atoms with Crippen LogP contribution in [0, 0.1) is 0 Å². The van der Waals surface area contributed by atoms with Crippen LogP contribution in [0.25, 0.3) is 0 Å². The highest BCUT2D eigenvalue weighted by Gasteiger charge is 2.17. The second kappa shape index (κ2) is 6.58. The number of carboxylic acid groups (broad SMARTS) is 1. The Labute approximate surface area is 127 Å². The molecule has 114 valence electrons. The van der Waals surface area contributed by atoms with Gasteiger partial charge in [0.05, 0.1) is 5.02 Å². The van der Waals surface area contributed by atoms with E-state index in [1.54, 1.807) is 20.8 Å². The number of carbonyl (C=O) groups excluding carboxylic acids is 1. The number of rotatable bonds is 4. The lowest BCUT2D eigenvalue weighted by molar-refractivity contribution is -0.132. The van der Waals surface area contributed by atoms with Crippen LogP contribution >= 0.6 is 11.6 Å². The lowest BCUT2D eigenvalue weighted by atomic mass is 10.1. The predicted octanol–water partition coefficient (Wildman–Crippen LogP) is 3.27. The van der Waals surface area contributed by atoms with Crippen molar-refractivity contribution in [3.63, 3.8) is 0 Å². The molecule has 1 amide bonds. The molecule has 0 aliphatic rings. The number of halogens is 1. The van der Waals surface area contributed by atoms with Crippen molar-refractivity contribution in [2.75, 3.05) is 5.32 Å². The van der Waals surface area contributed by atoms with Gasteiger partial charge in [-0.3, -0.25) is 5.32 Å². The lowest BCUT2D eigenvalue weighted by Gasteiger charge is -2.19. The number of carbonyl (C=O) groups is 2. The molecule has 0 unspecified atom stereocenters. The number of nitrogens with zero attached hydrogens (tertiary/aromatic N) is 1. The van der Waals surface area contributed by atoms with E-state index in [1.165, 1.54) is 12.3 Å². The van der Waals surface area contributed by atoms with Gasteiger partial charge in [0.1, 0.15) is 5.60 Å².